The van der Waals surface area contributed by atoms with Crippen molar-refractivity contribution in [2.24, 2.45) is 5.41 Å². The molecule has 0 fully saturated rings. The number of fused-ring (bicyclic) bond motifs is 3. The average Bonchev–Trinajstić information content (AvgIpc) is 3.74. The van der Waals surface area contributed by atoms with Crippen molar-refractivity contribution in [3.8, 4) is 55.9 Å². The van der Waals surface area contributed by atoms with Crippen LogP contribution in [-0.4, -0.2) is 9.97 Å². The van der Waals surface area contributed by atoms with Gasteiger partial charge in [0.15, 0.2) is 0 Å². The van der Waals surface area contributed by atoms with Crippen LogP contribution in [-0.2, 0) is 26.5 Å². The van der Waals surface area contributed by atoms with Crippen molar-refractivity contribution >= 4 is 21.9 Å². The van der Waals surface area contributed by atoms with E-state index in [2.05, 4.69) is 22.1 Å². The zero-order chi connectivity index (χ0) is 55.6. The van der Waals surface area contributed by atoms with Crippen molar-refractivity contribution < 1.29 is 47.8 Å². The monoisotopic (exact) mass is 976 g/mol. The van der Waals surface area contributed by atoms with Gasteiger partial charge in [-0.15, -0.1) is 47.5 Å². The molecule has 0 amide bonds. The van der Waals surface area contributed by atoms with E-state index in [1.54, 1.807) is 63.2 Å². The number of aromatic nitrogens is 2. The van der Waals surface area contributed by atoms with Crippen molar-refractivity contribution in [3.05, 3.63) is 191 Å². The molecule has 0 aliphatic rings. The molecule has 3 heterocycles. The first-order valence-electron chi connectivity index (χ1n) is 27.5. The molecular formula is C56H50IrN2O-2. The third-order valence-electron chi connectivity index (χ3n) is 9.74. The molecule has 0 spiro atoms. The standard InChI is InChI=1S/C37H34NO.C19H16N.Ir/c1-23-19-32(24(2)18-31(23)27-16-14-26(15-17-27)21-37(4,5)6)33-20-34(38-22-25(33)3)30-12-9-11-29-28-10-7-8-13-35(28)39-36(29)30;1-14-8-11-19(20-13-14)17-10-9-15(2)18(12-17)16-6-4-3-5-7-16;/h7-11,13-20,22H,21H2,1-6H3;3-9,11-13H,1-2H3;/q2*-1;/i1D3,2D3,3D3,21D2;1D3,2D3;. The molecule has 0 saturated heterocycles. The van der Waals surface area contributed by atoms with Gasteiger partial charge < -0.3 is 14.4 Å². The van der Waals surface area contributed by atoms with Gasteiger partial charge in [0.1, 0.15) is 5.58 Å². The van der Waals surface area contributed by atoms with Crippen molar-refractivity contribution in [3.63, 3.8) is 0 Å². The number of aryl methyl sites for hydroxylation is 5. The van der Waals surface area contributed by atoms with Crippen LogP contribution in [0.1, 0.15) is 77.5 Å². The summed E-state index contributed by atoms with van der Waals surface area (Å²) in [5, 5.41) is 1.65. The summed E-state index contributed by atoms with van der Waals surface area (Å²) in [5.41, 5.74) is 4.05. The maximum atomic E-state index is 8.64. The van der Waals surface area contributed by atoms with E-state index in [0.717, 1.165) is 16.3 Å². The SMILES string of the molecule is [2H]C([2H])([2H])c1cc(-c2cc(-c3[c-]ccc4c3oc3ccccc34)ncc2C([2H])([2H])[2H])c(C([2H])([2H])[2H])cc1-c1ccc(C([2H])([2H])C(C)(C)C)cc1.[2H]C([2H])([2H])c1ccc(-c2[c-]cc(C([2H])([2H])[2H])c(-c3ccccc3)c2)nc1.[Ir]. The third-order valence-corrected chi connectivity index (χ3v) is 9.74. The fraction of sp³-hybridized carbons (Fsp3) is 0.179. The van der Waals surface area contributed by atoms with Gasteiger partial charge in [0.2, 0.25) is 0 Å². The molecule has 0 saturated carbocycles. The van der Waals surface area contributed by atoms with E-state index >= 15 is 0 Å². The average molecular weight is 976 g/mol. The molecule has 301 valence electrons. The van der Waals surface area contributed by atoms with Crippen LogP contribution in [0.4, 0.5) is 0 Å². The summed E-state index contributed by atoms with van der Waals surface area (Å²) in [4.78, 5) is 8.67. The Morgan fingerprint density at radius 3 is 2.02 bits per heavy atom. The minimum Gasteiger partial charge on any atom is -0.501 e. The van der Waals surface area contributed by atoms with Gasteiger partial charge in [0.05, 0.1) is 5.58 Å². The Labute approximate surface area is 392 Å². The van der Waals surface area contributed by atoms with Crippen molar-refractivity contribution in [2.45, 2.75) is 61.4 Å². The molecule has 6 aromatic carbocycles. The summed E-state index contributed by atoms with van der Waals surface area (Å²) < 4.78 is 145. The van der Waals surface area contributed by atoms with Crippen LogP contribution >= 0.6 is 0 Å². The normalized spacial score (nSPS) is 16.8. The first-order valence-corrected chi connectivity index (χ1v) is 19.0. The maximum absolute atomic E-state index is 8.64. The molecule has 9 aromatic rings. The molecular weight excluding hydrogens is 909 g/mol. The first kappa shape index (κ1) is 25.6. The van der Waals surface area contributed by atoms with Crippen LogP contribution in [0, 0.1) is 51.8 Å². The molecule has 0 bridgehead atoms. The van der Waals surface area contributed by atoms with E-state index in [4.69, 9.17) is 27.7 Å². The van der Waals surface area contributed by atoms with Gasteiger partial charge in [-0.05, 0) is 112 Å². The smallest absolute Gasteiger partial charge is 0.120 e. The zero-order valence-corrected chi connectivity index (χ0v) is 35.4. The number of nitrogens with zero attached hydrogens (tertiary/aromatic N) is 2. The second-order valence-electron chi connectivity index (χ2n) is 15.2. The Bertz CT molecular complexity index is 3570. The Morgan fingerprint density at radius 2 is 1.28 bits per heavy atom. The van der Waals surface area contributed by atoms with E-state index in [1.807, 2.05) is 60.7 Å². The van der Waals surface area contributed by atoms with Gasteiger partial charge in [-0.2, -0.15) is 0 Å². The summed E-state index contributed by atoms with van der Waals surface area (Å²) >= 11 is 0. The van der Waals surface area contributed by atoms with Gasteiger partial charge in [-0.1, -0.05) is 147 Å². The predicted molar refractivity (Wildman–Crippen MR) is 247 cm³/mol. The number of benzene rings is 6. The van der Waals surface area contributed by atoms with Crippen LogP contribution < -0.4 is 0 Å². The Balaban J connectivity index is 0.000000268. The van der Waals surface area contributed by atoms with E-state index in [1.165, 1.54) is 42.7 Å². The topological polar surface area (TPSA) is 38.9 Å². The molecule has 0 unspecified atom stereocenters. The van der Waals surface area contributed by atoms with Gasteiger partial charge in [-0.3, -0.25) is 0 Å². The number of hydrogen-bond donors (Lipinski definition) is 0. The largest absolute Gasteiger partial charge is 0.501 e. The molecule has 0 atom stereocenters. The number of rotatable bonds is 6. The van der Waals surface area contributed by atoms with Gasteiger partial charge in [0, 0.05) is 61.2 Å². The molecule has 9 rings (SSSR count). The molecule has 0 aliphatic carbocycles. The Morgan fingerprint density at radius 1 is 0.600 bits per heavy atom. The van der Waals surface area contributed by atoms with Crippen molar-refractivity contribution in [1.29, 1.82) is 0 Å². The number of furan rings is 1. The fourth-order valence-electron chi connectivity index (χ4n) is 6.97. The molecule has 60 heavy (non-hydrogen) atoms. The second kappa shape index (κ2) is 17.7. The van der Waals surface area contributed by atoms with Gasteiger partial charge in [0.25, 0.3) is 0 Å². The minimum absolute atomic E-state index is 0. The van der Waals surface area contributed by atoms with Crippen LogP contribution in [0.15, 0.2) is 150 Å². The molecule has 1 radical (unpaired) electrons. The molecule has 0 aliphatic heterocycles. The summed E-state index contributed by atoms with van der Waals surface area (Å²) in [5.74, 6) is 0. The van der Waals surface area contributed by atoms with Gasteiger partial charge >= 0.3 is 0 Å². The fourth-order valence-corrected chi connectivity index (χ4v) is 6.97. The Kier molecular flexibility index (Phi) is 7.58. The van der Waals surface area contributed by atoms with E-state index in [-0.39, 0.29) is 70.3 Å². The summed E-state index contributed by atoms with van der Waals surface area (Å²) in [6.07, 6.45) is 0.776. The zero-order valence-electron chi connectivity index (χ0n) is 50.0. The van der Waals surface area contributed by atoms with Crippen molar-refractivity contribution in [2.75, 3.05) is 0 Å². The first-order chi connectivity index (χ1) is 35.2. The van der Waals surface area contributed by atoms with Crippen LogP contribution in [0.25, 0.3) is 77.8 Å². The maximum Gasteiger partial charge on any atom is 0.120 e. The Hall–Kier alpha value is -5.93. The predicted octanol–water partition coefficient (Wildman–Crippen LogP) is 15.1. The quantitative estimate of drug-likeness (QED) is 0.156. The second-order valence-corrected chi connectivity index (χ2v) is 15.2. The molecule has 3 nitrogen and oxygen atoms in total. The number of pyridine rings is 2. The summed E-state index contributed by atoms with van der Waals surface area (Å²) in [6.45, 7) is -7.40. The van der Waals surface area contributed by atoms with Crippen molar-refractivity contribution in [1.82, 2.24) is 9.97 Å². The number of para-hydroxylation sites is 1. The van der Waals surface area contributed by atoms with E-state index < -0.39 is 46.0 Å². The third kappa shape index (κ3) is 9.11. The molecule has 4 heteroatoms. The summed E-state index contributed by atoms with van der Waals surface area (Å²) in [7, 11) is 0. The van der Waals surface area contributed by atoms with E-state index in [9.17, 15) is 0 Å². The van der Waals surface area contributed by atoms with Crippen LogP contribution in [0.3, 0.4) is 0 Å². The van der Waals surface area contributed by atoms with E-state index in [0.29, 0.717) is 44.7 Å². The molecule has 0 N–H and O–H groups in total. The summed E-state index contributed by atoms with van der Waals surface area (Å²) in [6, 6.07) is 43.0. The van der Waals surface area contributed by atoms with Gasteiger partial charge in [-0.25, -0.2) is 0 Å². The minimum atomic E-state index is -2.79. The van der Waals surface area contributed by atoms with Crippen LogP contribution in [0.2, 0.25) is 0 Å². The van der Waals surface area contributed by atoms with Crippen LogP contribution in [0.5, 0.6) is 0 Å². The number of hydrogen-bond acceptors (Lipinski definition) is 3. The molecule has 3 aromatic heterocycles.